The molecule has 2 saturated heterocycles. The molecule has 0 aliphatic carbocycles. The predicted octanol–water partition coefficient (Wildman–Crippen LogP) is 2.73. The molecule has 0 radical (unpaired) electrons. The number of imidazole rings is 1. The van der Waals surface area contributed by atoms with Crippen LogP contribution in [-0.2, 0) is 15.7 Å². The third-order valence-corrected chi connectivity index (χ3v) is 7.40. The number of alkyl halides is 3. The minimum absolute atomic E-state index is 0.00726. The van der Waals surface area contributed by atoms with Gasteiger partial charge in [-0.15, -0.1) is 0 Å². The molecule has 43 heavy (non-hydrogen) atoms. The molecule has 16 heteroatoms. The van der Waals surface area contributed by atoms with E-state index < -0.39 is 29.3 Å². The fourth-order valence-electron chi connectivity index (χ4n) is 5.18. The highest BCUT2D eigenvalue weighted by Crippen LogP contribution is 2.37. The second kappa shape index (κ2) is 10.9. The largest absolute Gasteiger partial charge is 0.507 e. The van der Waals surface area contributed by atoms with Gasteiger partial charge in [-0.25, -0.2) is 9.97 Å². The molecule has 2 aliphatic rings. The Kier molecular flexibility index (Phi) is 7.17. The van der Waals surface area contributed by atoms with Crippen LogP contribution in [0.3, 0.4) is 0 Å². The Labute approximate surface area is 241 Å². The van der Waals surface area contributed by atoms with Crippen LogP contribution in [0, 0.1) is 0 Å². The first-order valence-corrected chi connectivity index (χ1v) is 13.3. The Morgan fingerprint density at radius 1 is 1.09 bits per heavy atom. The molecule has 2 aliphatic heterocycles. The maximum atomic E-state index is 13.4. The van der Waals surface area contributed by atoms with Crippen LogP contribution >= 0.6 is 0 Å². The van der Waals surface area contributed by atoms with Gasteiger partial charge < -0.3 is 34.0 Å². The van der Waals surface area contributed by atoms with Crippen molar-refractivity contribution in [3.8, 4) is 28.6 Å². The number of phenols is 1. The number of aliphatic hydroxyl groups is 1. The van der Waals surface area contributed by atoms with Gasteiger partial charge in [0, 0.05) is 51.2 Å². The van der Waals surface area contributed by atoms with Crippen LogP contribution in [0.15, 0.2) is 47.6 Å². The molecule has 5 heterocycles. The summed E-state index contributed by atoms with van der Waals surface area (Å²) in [4.78, 5) is 37.2. The molecular weight excluding hydrogens is 577 g/mol. The fourth-order valence-corrected chi connectivity index (χ4v) is 5.18. The van der Waals surface area contributed by atoms with Crippen LogP contribution in [-0.4, -0.2) is 96.3 Å². The Balaban J connectivity index is 1.15. The lowest BCUT2D eigenvalue weighted by Crippen LogP contribution is -2.59. The van der Waals surface area contributed by atoms with Gasteiger partial charge in [-0.1, -0.05) is 5.16 Å². The second-order valence-electron chi connectivity index (χ2n) is 10.2. The van der Waals surface area contributed by atoms with Crippen LogP contribution in [0.4, 0.5) is 13.2 Å². The molecule has 0 spiro atoms. The van der Waals surface area contributed by atoms with Crippen molar-refractivity contribution in [2.75, 3.05) is 39.4 Å². The quantitative estimate of drug-likeness (QED) is 0.348. The maximum absolute atomic E-state index is 13.4. The fraction of sp³-hybridized carbons (Fsp3) is 0.370. The van der Waals surface area contributed by atoms with E-state index in [9.17, 15) is 33.0 Å². The molecule has 13 nitrogen and oxygen atoms in total. The average molecular weight is 603 g/mol. The van der Waals surface area contributed by atoms with Crippen molar-refractivity contribution in [3.63, 3.8) is 0 Å². The lowest BCUT2D eigenvalue weighted by Gasteiger charge is -2.40. The summed E-state index contributed by atoms with van der Waals surface area (Å²) in [5.74, 6) is -1.21. The summed E-state index contributed by atoms with van der Waals surface area (Å²) in [7, 11) is 0. The van der Waals surface area contributed by atoms with E-state index in [1.807, 2.05) is 0 Å². The van der Waals surface area contributed by atoms with E-state index in [0.29, 0.717) is 19.4 Å². The van der Waals surface area contributed by atoms with Crippen molar-refractivity contribution < 1.29 is 47.0 Å². The zero-order valence-corrected chi connectivity index (χ0v) is 22.5. The number of piperazine rings is 1. The minimum Gasteiger partial charge on any atom is -0.507 e. The lowest BCUT2D eigenvalue weighted by molar-refractivity contribution is -0.166. The number of aromatic hydroxyl groups is 1. The predicted molar refractivity (Wildman–Crippen MR) is 139 cm³/mol. The van der Waals surface area contributed by atoms with Gasteiger partial charge in [0.1, 0.15) is 17.8 Å². The number of ether oxygens (including phenoxy) is 2. The summed E-state index contributed by atoms with van der Waals surface area (Å²) in [5, 5.41) is 24.4. The van der Waals surface area contributed by atoms with Crippen molar-refractivity contribution in [3.05, 3.63) is 54.3 Å². The monoisotopic (exact) mass is 602 g/mol. The molecule has 6 rings (SSSR count). The molecule has 3 aromatic heterocycles. The average Bonchev–Trinajstić information content (AvgIpc) is 3.65. The summed E-state index contributed by atoms with van der Waals surface area (Å²) in [6.07, 6.45) is 0.923. The second-order valence-corrected chi connectivity index (χ2v) is 10.2. The van der Waals surface area contributed by atoms with Crippen molar-refractivity contribution in [1.82, 2.24) is 29.3 Å². The van der Waals surface area contributed by atoms with Crippen molar-refractivity contribution in [2.24, 2.45) is 0 Å². The minimum atomic E-state index is -4.74. The molecular formula is C27H25F3N6O7. The number of fused-ring (bicyclic) bond motifs is 1. The van der Waals surface area contributed by atoms with Gasteiger partial charge in [-0.3, -0.25) is 14.0 Å². The first-order valence-electron chi connectivity index (χ1n) is 13.3. The first kappa shape index (κ1) is 28.4. The van der Waals surface area contributed by atoms with Gasteiger partial charge in [-0.05, 0) is 25.0 Å². The smallest absolute Gasteiger partial charge is 0.437 e. The highest BCUT2D eigenvalue weighted by Gasteiger charge is 2.42. The van der Waals surface area contributed by atoms with Crippen molar-refractivity contribution >= 4 is 17.5 Å². The summed E-state index contributed by atoms with van der Waals surface area (Å²) < 4.78 is 57.0. The number of amides is 2. The zero-order chi connectivity index (χ0) is 30.4. The topological polar surface area (TPSA) is 156 Å². The molecule has 0 unspecified atom stereocenters. The number of carbonyl (C=O) groups is 2. The van der Waals surface area contributed by atoms with Crippen molar-refractivity contribution in [2.45, 2.75) is 24.6 Å². The SMILES string of the molecule is O=C(c1ccc(Oc2nccn3c(-c4conc4C(F)(F)F)cnc23)cc1O)N1CCN(C(=O)[C@@]2(O)CCCOC2)CC1. The third-order valence-electron chi connectivity index (χ3n) is 7.40. The van der Waals surface area contributed by atoms with E-state index >= 15 is 0 Å². The number of aromatic nitrogens is 4. The molecule has 1 aromatic carbocycles. The summed E-state index contributed by atoms with van der Waals surface area (Å²) in [5.41, 5.74) is -2.94. The van der Waals surface area contributed by atoms with E-state index in [-0.39, 0.29) is 72.6 Å². The number of halogens is 3. The first-order chi connectivity index (χ1) is 20.5. The maximum Gasteiger partial charge on any atom is 0.437 e. The van der Waals surface area contributed by atoms with Crippen LogP contribution in [0.2, 0.25) is 0 Å². The number of hydrogen-bond donors (Lipinski definition) is 2. The number of nitrogens with zero attached hydrogens (tertiary/aromatic N) is 6. The van der Waals surface area contributed by atoms with E-state index in [1.165, 1.54) is 51.0 Å². The van der Waals surface area contributed by atoms with Crippen molar-refractivity contribution in [1.29, 1.82) is 0 Å². The van der Waals surface area contributed by atoms with Crippen LogP contribution in [0.25, 0.3) is 16.9 Å². The third kappa shape index (κ3) is 5.34. The molecule has 2 N–H and O–H groups in total. The molecule has 2 fully saturated rings. The molecule has 0 bridgehead atoms. The normalized spacial score (nSPS) is 19.5. The molecule has 1 atom stereocenters. The van der Waals surface area contributed by atoms with E-state index in [0.717, 1.165) is 6.26 Å². The number of rotatable bonds is 5. The number of benzene rings is 1. The molecule has 226 valence electrons. The Morgan fingerprint density at radius 2 is 1.86 bits per heavy atom. The highest BCUT2D eigenvalue weighted by molar-refractivity contribution is 5.97. The standard InChI is InChI=1S/C27H25F3N6O7/c28-27(29,30)21-18(14-42-33-21)19-13-32-22-23(31-5-6-36(19)22)43-16-2-3-17(20(37)12-16)24(38)34-7-9-35(10-8-34)25(39)26(40)4-1-11-41-15-26/h2-3,5-6,12-14,37,40H,1,4,7-11,15H2/t26-/m1/s1. The van der Waals surface area contributed by atoms with Gasteiger partial charge in [-0.2, -0.15) is 13.2 Å². The Bertz CT molecular complexity index is 1670. The molecule has 2 amide bonds. The zero-order valence-electron chi connectivity index (χ0n) is 22.5. The van der Waals surface area contributed by atoms with Crippen LogP contribution < -0.4 is 4.74 Å². The van der Waals surface area contributed by atoms with E-state index in [1.54, 1.807) is 0 Å². The van der Waals surface area contributed by atoms with Gasteiger partial charge in [0.2, 0.25) is 5.65 Å². The van der Waals surface area contributed by atoms with Crippen LogP contribution in [0.1, 0.15) is 28.9 Å². The van der Waals surface area contributed by atoms with Gasteiger partial charge in [0.25, 0.3) is 17.7 Å². The summed E-state index contributed by atoms with van der Waals surface area (Å²) in [6.45, 7) is 1.29. The number of hydrogen-bond acceptors (Lipinski definition) is 10. The Hall–Kier alpha value is -4.70. The van der Waals surface area contributed by atoms with Gasteiger partial charge in [0.15, 0.2) is 11.3 Å². The highest BCUT2D eigenvalue weighted by atomic mass is 19.4. The van der Waals surface area contributed by atoms with E-state index in [4.69, 9.17) is 9.47 Å². The summed E-state index contributed by atoms with van der Waals surface area (Å²) >= 11 is 0. The number of phenolic OH excluding ortho intramolecular Hbond substituents is 1. The van der Waals surface area contributed by atoms with Crippen LogP contribution in [0.5, 0.6) is 17.4 Å². The Morgan fingerprint density at radius 3 is 2.56 bits per heavy atom. The lowest BCUT2D eigenvalue weighted by atomic mass is 9.94. The molecule has 4 aromatic rings. The molecule has 0 saturated carbocycles. The van der Waals surface area contributed by atoms with E-state index in [2.05, 4.69) is 19.6 Å². The summed E-state index contributed by atoms with van der Waals surface area (Å²) in [6, 6.07) is 4.01. The number of carbonyl (C=O) groups excluding carboxylic acids is 2. The van der Waals surface area contributed by atoms with Gasteiger partial charge >= 0.3 is 6.18 Å². The van der Waals surface area contributed by atoms with Gasteiger partial charge in [0.05, 0.1) is 29.6 Å².